The van der Waals surface area contributed by atoms with Crippen LogP contribution in [0.15, 0.2) is 0 Å². The molecule has 0 heterocycles. The van der Waals surface area contributed by atoms with Gasteiger partial charge in [-0.15, -0.1) is 0 Å². The van der Waals surface area contributed by atoms with Crippen LogP contribution in [-0.2, 0) is 9.59 Å². The van der Waals surface area contributed by atoms with Gasteiger partial charge in [0.2, 0.25) is 11.8 Å². The molecule has 0 spiro atoms. The van der Waals surface area contributed by atoms with Crippen molar-refractivity contribution in [1.29, 1.82) is 0 Å². The maximum absolute atomic E-state index is 11.8. The highest BCUT2D eigenvalue weighted by Crippen LogP contribution is 2.15. The van der Waals surface area contributed by atoms with Crippen molar-refractivity contribution in [1.82, 2.24) is 4.90 Å². The fourth-order valence-corrected chi connectivity index (χ4v) is 3.49. The fraction of sp³-hybridized carbons (Fsp3) is 0.909. The molecule has 0 aliphatic rings. The molecule has 0 aliphatic heterocycles. The molecule has 0 aliphatic carbocycles. The summed E-state index contributed by atoms with van der Waals surface area (Å²) in [6.07, 6.45) is 18.2. The predicted octanol–water partition coefficient (Wildman–Crippen LogP) is 5.58. The van der Waals surface area contributed by atoms with E-state index >= 15 is 0 Å². The molecule has 0 aromatic rings. The third kappa shape index (κ3) is 13.2. The topological polar surface area (TPSA) is 63.4 Å². The number of hydrogen-bond donors (Lipinski definition) is 1. The number of amides is 2. The Morgan fingerprint density at radius 1 is 0.731 bits per heavy atom. The predicted molar refractivity (Wildman–Crippen MR) is 111 cm³/mol. The van der Waals surface area contributed by atoms with E-state index in [4.69, 9.17) is 5.73 Å². The lowest BCUT2D eigenvalue weighted by atomic mass is 10.0. The van der Waals surface area contributed by atoms with E-state index in [1.54, 1.807) is 4.90 Å². The average Bonchev–Trinajstić information content (AvgIpc) is 2.60. The second-order valence-corrected chi connectivity index (χ2v) is 7.66. The number of primary amides is 1. The third-order valence-corrected chi connectivity index (χ3v) is 5.19. The van der Waals surface area contributed by atoms with Crippen molar-refractivity contribution in [3.05, 3.63) is 0 Å². The lowest BCUT2D eigenvalue weighted by Crippen LogP contribution is -2.47. The van der Waals surface area contributed by atoms with Crippen LogP contribution in [0.3, 0.4) is 0 Å². The van der Waals surface area contributed by atoms with Crippen LogP contribution in [0.2, 0.25) is 0 Å². The molecular formula is C22H44N2O2. The Labute approximate surface area is 162 Å². The first kappa shape index (κ1) is 24.9. The number of nitrogens with two attached hydrogens (primary N) is 1. The van der Waals surface area contributed by atoms with Crippen molar-refractivity contribution >= 4 is 11.8 Å². The summed E-state index contributed by atoms with van der Waals surface area (Å²) in [5, 5.41) is 0. The van der Waals surface area contributed by atoms with Crippen LogP contribution in [0.5, 0.6) is 0 Å². The standard InChI is InChI=1S/C22H44N2O2/c1-4-6-8-9-10-11-12-13-14-15-16-17-18-21(22(23)26)24(20(3)25)19-7-5-2/h21H,4-19H2,1-3H3,(H2,23,26). The zero-order chi connectivity index (χ0) is 19.6. The molecule has 0 aromatic heterocycles. The van der Waals surface area contributed by atoms with Gasteiger partial charge in [-0.1, -0.05) is 97.3 Å². The van der Waals surface area contributed by atoms with Gasteiger partial charge in [0, 0.05) is 13.5 Å². The number of carbonyl (C=O) groups excluding carboxylic acids is 2. The number of hydrogen-bond acceptors (Lipinski definition) is 2. The van der Waals surface area contributed by atoms with Crippen molar-refractivity contribution in [3.63, 3.8) is 0 Å². The van der Waals surface area contributed by atoms with Gasteiger partial charge in [-0.3, -0.25) is 9.59 Å². The molecule has 0 saturated heterocycles. The Morgan fingerprint density at radius 3 is 1.54 bits per heavy atom. The second kappa shape index (κ2) is 17.4. The lowest BCUT2D eigenvalue weighted by molar-refractivity contribution is -0.138. The van der Waals surface area contributed by atoms with Crippen LogP contribution < -0.4 is 5.73 Å². The highest BCUT2D eigenvalue weighted by molar-refractivity contribution is 5.85. The van der Waals surface area contributed by atoms with E-state index < -0.39 is 6.04 Å². The Hall–Kier alpha value is -1.06. The summed E-state index contributed by atoms with van der Waals surface area (Å²) in [5.41, 5.74) is 5.55. The van der Waals surface area contributed by atoms with E-state index in [-0.39, 0.29) is 11.8 Å². The first-order valence-electron chi connectivity index (χ1n) is 11.1. The Morgan fingerprint density at radius 2 is 1.15 bits per heavy atom. The number of unbranched alkanes of at least 4 members (excludes halogenated alkanes) is 12. The van der Waals surface area contributed by atoms with Crippen LogP contribution in [0.25, 0.3) is 0 Å². The van der Waals surface area contributed by atoms with E-state index in [9.17, 15) is 9.59 Å². The summed E-state index contributed by atoms with van der Waals surface area (Å²) in [7, 11) is 0. The summed E-state index contributed by atoms with van der Waals surface area (Å²) in [4.78, 5) is 25.3. The summed E-state index contributed by atoms with van der Waals surface area (Å²) in [6.45, 7) is 6.52. The molecule has 154 valence electrons. The van der Waals surface area contributed by atoms with Gasteiger partial charge in [0.1, 0.15) is 6.04 Å². The van der Waals surface area contributed by atoms with E-state index in [1.165, 1.54) is 71.1 Å². The Kier molecular flexibility index (Phi) is 16.7. The summed E-state index contributed by atoms with van der Waals surface area (Å²) < 4.78 is 0. The maximum Gasteiger partial charge on any atom is 0.240 e. The summed E-state index contributed by atoms with van der Waals surface area (Å²) in [6, 6.07) is -0.429. The molecule has 0 radical (unpaired) electrons. The van der Waals surface area contributed by atoms with Gasteiger partial charge in [0.05, 0.1) is 0 Å². The highest BCUT2D eigenvalue weighted by Gasteiger charge is 2.24. The molecule has 4 heteroatoms. The minimum atomic E-state index is -0.429. The van der Waals surface area contributed by atoms with E-state index in [2.05, 4.69) is 13.8 Å². The number of nitrogens with zero attached hydrogens (tertiary/aromatic N) is 1. The minimum absolute atomic E-state index is 0.0406. The first-order valence-corrected chi connectivity index (χ1v) is 11.1. The Balaban J connectivity index is 3.80. The van der Waals surface area contributed by atoms with Crippen molar-refractivity contribution in [3.8, 4) is 0 Å². The maximum atomic E-state index is 11.8. The first-order chi connectivity index (χ1) is 12.5. The van der Waals surface area contributed by atoms with E-state index in [0.29, 0.717) is 13.0 Å². The highest BCUT2D eigenvalue weighted by atomic mass is 16.2. The Bertz CT molecular complexity index is 358. The molecule has 0 rings (SSSR count). The van der Waals surface area contributed by atoms with Crippen LogP contribution in [0.1, 0.15) is 117 Å². The van der Waals surface area contributed by atoms with Gasteiger partial charge in [-0.05, 0) is 12.8 Å². The average molecular weight is 369 g/mol. The van der Waals surface area contributed by atoms with E-state index in [1.807, 2.05) is 0 Å². The van der Waals surface area contributed by atoms with Gasteiger partial charge >= 0.3 is 0 Å². The summed E-state index contributed by atoms with van der Waals surface area (Å²) in [5.74, 6) is -0.402. The molecule has 2 N–H and O–H groups in total. The van der Waals surface area contributed by atoms with E-state index in [0.717, 1.165) is 25.7 Å². The number of carbonyl (C=O) groups is 2. The monoisotopic (exact) mass is 368 g/mol. The van der Waals surface area contributed by atoms with Crippen LogP contribution in [-0.4, -0.2) is 29.3 Å². The molecule has 0 fully saturated rings. The zero-order valence-corrected chi connectivity index (χ0v) is 17.7. The van der Waals surface area contributed by atoms with Crippen molar-refractivity contribution < 1.29 is 9.59 Å². The molecule has 0 saturated carbocycles. The lowest BCUT2D eigenvalue weighted by Gasteiger charge is -2.28. The van der Waals surface area contributed by atoms with Crippen LogP contribution >= 0.6 is 0 Å². The van der Waals surface area contributed by atoms with Crippen molar-refractivity contribution in [2.45, 2.75) is 123 Å². The molecule has 1 atom stereocenters. The van der Waals surface area contributed by atoms with Crippen molar-refractivity contribution in [2.24, 2.45) is 5.73 Å². The van der Waals surface area contributed by atoms with Gasteiger partial charge in [0.15, 0.2) is 0 Å². The molecular weight excluding hydrogens is 324 g/mol. The molecule has 0 aromatic carbocycles. The quantitative estimate of drug-likeness (QED) is 0.321. The zero-order valence-electron chi connectivity index (χ0n) is 17.7. The molecule has 1 unspecified atom stereocenters. The molecule has 2 amide bonds. The molecule has 4 nitrogen and oxygen atoms in total. The van der Waals surface area contributed by atoms with Gasteiger partial charge < -0.3 is 10.6 Å². The van der Waals surface area contributed by atoms with Crippen molar-refractivity contribution in [2.75, 3.05) is 6.54 Å². The molecule has 26 heavy (non-hydrogen) atoms. The number of rotatable bonds is 18. The van der Waals surface area contributed by atoms with Crippen LogP contribution in [0.4, 0.5) is 0 Å². The van der Waals surface area contributed by atoms with Gasteiger partial charge in [0.25, 0.3) is 0 Å². The third-order valence-electron chi connectivity index (χ3n) is 5.19. The SMILES string of the molecule is CCCCCCCCCCCCCCC(C(N)=O)N(CCCC)C(C)=O. The van der Waals surface area contributed by atoms with Crippen LogP contribution in [0, 0.1) is 0 Å². The smallest absolute Gasteiger partial charge is 0.240 e. The molecule has 0 bridgehead atoms. The normalized spacial score (nSPS) is 12.1. The second-order valence-electron chi connectivity index (χ2n) is 7.66. The fourth-order valence-electron chi connectivity index (χ4n) is 3.49. The summed E-state index contributed by atoms with van der Waals surface area (Å²) >= 11 is 0. The largest absolute Gasteiger partial charge is 0.368 e. The van der Waals surface area contributed by atoms with Gasteiger partial charge in [-0.25, -0.2) is 0 Å². The van der Waals surface area contributed by atoms with Gasteiger partial charge in [-0.2, -0.15) is 0 Å². The minimum Gasteiger partial charge on any atom is -0.368 e.